The summed E-state index contributed by atoms with van der Waals surface area (Å²) in [4.78, 5) is 15.2. The first kappa shape index (κ1) is 34.4. The van der Waals surface area contributed by atoms with Crippen molar-refractivity contribution in [2.45, 2.75) is 90.7 Å². The Labute approximate surface area is 297 Å². The summed E-state index contributed by atoms with van der Waals surface area (Å²) in [5.74, 6) is 0. The van der Waals surface area contributed by atoms with E-state index in [2.05, 4.69) is 84.8 Å². The van der Waals surface area contributed by atoms with Gasteiger partial charge in [-0.05, 0) is 75.6 Å². The molecule has 0 spiro atoms. The molecule has 7 heteroatoms. The van der Waals surface area contributed by atoms with Gasteiger partial charge in [0.05, 0.1) is 18.8 Å². The van der Waals surface area contributed by atoms with Crippen LogP contribution in [0.5, 0.6) is 0 Å². The van der Waals surface area contributed by atoms with Crippen molar-refractivity contribution in [3.63, 3.8) is 0 Å². The molecule has 5 atom stereocenters. The highest BCUT2D eigenvalue weighted by Crippen LogP contribution is 2.53. The van der Waals surface area contributed by atoms with Crippen LogP contribution in [0.15, 0.2) is 103 Å². The number of hydrogen-bond donors (Lipinski definition) is 3. The summed E-state index contributed by atoms with van der Waals surface area (Å²) in [6.07, 6.45) is 3.95. The van der Waals surface area contributed by atoms with Crippen molar-refractivity contribution in [2.75, 3.05) is 13.1 Å². The third-order valence-corrected chi connectivity index (χ3v) is 10.7. The van der Waals surface area contributed by atoms with Crippen LogP contribution in [0.4, 0.5) is 4.79 Å². The molecule has 50 heavy (non-hydrogen) atoms. The maximum Gasteiger partial charge on any atom is 0.315 e. The molecular formula is C43H51N3O4. The first-order chi connectivity index (χ1) is 24.1. The van der Waals surface area contributed by atoms with Gasteiger partial charge < -0.3 is 25.2 Å². The van der Waals surface area contributed by atoms with Crippen LogP contribution >= 0.6 is 0 Å². The molecule has 1 saturated carbocycles. The van der Waals surface area contributed by atoms with Gasteiger partial charge in [0.1, 0.15) is 0 Å². The number of carbonyl (C=O) groups excluding carboxylic acids is 1. The van der Waals surface area contributed by atoms with Crippen molar-refractivity contribution in [2.24, 2.45) is 10.8 Å². The molecule has 2 bridgehead atoms. The molecule has 2 heterocycles. The predicted molar refractivity (Wildman–Crippen MR) is 197 cm³/mol. The van der Waals surface area contributed by atoms with E-state index < -0.39 is 6.29 Å². The quantitative estimate of drug-likeness (QED) is 0.158. The lowest BCUT2D eigenvalue weighted by atomic mass is 9.65. The number of ether oxygens (including phenoxy) is 2. The van der Waals surface area contributed by atoms with Gasteiger partial charge in [0.2, 0.25) is 0 Å². The number of hydrogen-bond acceptors (Lipinski definition) is 5. The second-order valence-electron chi connectivity index (χ2n) is 15.8. The lowest BCUT2D eigenvalue weighted by molar-refractivity contribution is -0.253. The molecule has 7 rings (SSSR count). The summed E-state index contributed by atoms with van der Waals surface area (Å²) in [6.45, 7) is 10.3. The van der Waals surface area contributed by atoms with Crippen molar-refractivity contribution in [3.8, 4) is 11.1 Å². The molecule has 2 amide bonds. The summed E-state index contributed by atoms with van der Waals surface area (Å²) < 4.78 is 13.6. The average molecular weight is 674 g/mol. The number of nitrogens with one attached hydrogen (secondary N) is 2. The van der Waals surface area contributed by atoms with E-state index >= 15 is 0 Å². The highest BCUT2D eigenvalue weighted by molar-refractivity contribution is 5.74. The van der Waals surface area contributed by atoms with Crippen LogP contribution in [-0.4, -0.2) is 41.3 Å². The minimum atomic E-state index is -0.511. The minimum Gasteiger partial charge on any atom is -0.392 e. The van der Waals surface area contributed by atoms with E-state index in [4.69, 9.17) is 9.47 Å². The highest BCUT2D eigenvalue weighted by Gasteiger charge is 2.50. The van der Waals surface area contributed by atoms with E-state index in [0.717, 1.165) is 58.5 Å². The predicted octanol–water partition coefficient (Wildman–Crippen LogP) is 8.29. The van der Waals surface area contributed by atoms with E-state index in [9.17, 15) is 9.90 Å². The fraction of sp³-hybridized carbons (Fsp3) is 0.419. The maximum absolute atomic E-state index is 12.5. The van der Waals surface area contributed by atoms with Crippen LogP contribution in [0, 0.1) is 10.8 Å². The van der Waals surface area contributed by atoms with Crippen LogP contribution in [-0.2, 0) is 29.2 Å². The number of carbonyl (C=O) groups is 1. The molecule has 3 N–H and O–H groups in total. The largest absolute Gasteiger partial charge is 0.392 e. The molecule has 262 valence electrons. The number of aliphatic hydroxyl groups excluding tert-OH is 1. The minimum absolute atomic E-state index is 0.0217. The van der Waals surface area contributed by atoms with Gasteiger partial charge in [0.15, 0.2) is 6.29 Å². The summed E-state index contributed by atoms with van der Waals surface area (Å²) in [7, 11) is 0. The summed E-state index contributed by atoms with van der Waals surface area (Å²) in [6, 6.07) is 35.2. The van der Waals surface area contributed by atoms with Crippen LogP contribution in [0.1, 0.15) is 86.7 Å². The number of urea groups is 1. The SMILES string of the molecule is CC1(C)CC2CC(C)(CN2CC2CC(c3ccc(CO)cc3)OC(c3cccc(-c4cccc(CNC(=O)NCc5ccccc5)c4)c3)O2)C1. The summed E-state index contributed by atoms with van der Waals surface area (Å²) >= 11 is 0. The normalized spacial score (nSPS) is 26.0. The number of fused-ring (bicyclic) bond motifs is 2. The topological polar surface area (TPSA) is 83.1 Å². The zero-order chi connectivity index (χ0) is 34.7. The van der Waals surface area contributed by atoms with Crippen molar-refractivity contribution >= 4 is 6.03 Å². The number of likely N-dealkylation sites (tertiary alicyclic amines) is 1. The fourth-order valence-corrected chi connectivity index (χ4v) is 8.83. The summed E-state index contributed by atoms with van der Waals surface area (Å²) in [5, 5.41) is 15.6. The highest BCUT2D eigenvalue weighted by atomic mass is 16.7. The Morgan fingerprint density at radius 1 is 0.780 bits per heavy atom. The number of nitrogens with zero attached hydrogens (tertiary/aromatic N) is 1. The van der Waals surface area contributed by atoms with Crippen molar-refractivity contribution in [1.82, 2.24) is 15.5 Å². The van der Waals surface area contributed by atoms with Gasteiger partial charge in [-0.1, -0.05) is 112 Å². The van der Waals surface area contributed by atoms with Gasteiger partial charge in [-0.25, -0.2) is 4.79 Å². The second-order valence-corrected chi connectivity index (χ2v) is 15.8. The van der Waals surface area contributed by atoms with Crippen molar-refractivity contribution in [3.05, 3.63) is 131 Å². The summed E-state index contributed by atoms with van der Waals surface area (Å²) in [5.41, 5.74) is 7.94. The third kappa shape index (κ3) is 8.30. The zero-order valence-corrected chi connectivity index (χ0v) is 29.6. The molecule has 2 aliphatic heterocycles. The Bertz CT molecular complexity index is 1760. The molecule has 5 unspecified atom stereocenters. The van der Waals surface area contributed by atoms with Gasteiger partial charge in [0, 0.05) is 44.2 Å². The molecule has 2 saturated heterocycles. The standard InChI is InChI=1S/C43H51N3O4/c1-42(2)22-37-23-43(3,28-42)29-46(37)26-38-21-39(33-17-15-31(27-47)16-18-33)50-40(49-38)36-14-8-13-35(20-36)34-12-7-11-32(19-34)25-45-41(48)44-24-30-9-5-4-6-10-30/h4-20,37-40,47H,21-29H2,1-3H3,(H2,44,45,48). The fourth-order valence-electron chi connectivity index (χ4n) is 8.83. The Hall–Kier alpha value is -4.01. The average Bonchev–Trinajstić information content (AvgIpc) is 3.37. The number of benzene rings is 4. The molecule has 0 aromatic heterocycles. The van der Waals surface area contributed by atoms with E-state index in [1.807, 2.05) is 54.6 Å². The number of rotatable bonds is 10. The first-order valence-corrected chi connectivity index (χ1v) is 18.1. The van der Waals surface area contributed by atoms with Crippen LogP contribution in [0.25, 0.3) is 11.1 Å². The van der Waals surface area contributed by atoms with Crippen molar-refractivity contribution in [1.29, 1.82) is 0 Å². The van der Waals surface area contributed by atoms with Gasteiger partial charge >= 0.3 is 6.03 Å². The number of amides is 2. The van der Waals surface area contributed by atoms with Gasteiger partial charge in [0.25, 0.3) is 0 Å². The van der Waals surface area contributed by atoms with E-state index in [1.165, 1.54) is 19.3 Å². The molecule has 3 aliphatic rings. The molecule has 4 aromatic carbocycles. The monoisotopic (exact) mass is 673 g/mol. The van der Waals surface area contributed by atoms with Gasteiger partial charge in [-0.2, -0.15) is 0 Å². The third-order valence-electron chi connectivity index (χ3n) is 10.7. The Kier molecular flexibility index (Phi) is 10.1. The lowest BCUT2D eigenvalue weighted by Crippen LogP contribution is -2.42. The molecule has 7 nitrogen and oxygen atoms in total. The Morgan fingerprint density at radius 3 is 2.24 bits per heavy atom. The Morgan fingerprint density at radius 2 is 1.48 bits per heavy atom. The number of aliphatic hydroxyl groups is 1. The maximum atomic E-state index is 12.5. The van der Waals surface area contributed by atoms with E-state index in [-0.39, 0.29) is 24.8 Å². The van der Waals surface area contributed by atoms with Crippen LogP contribution < -0.4 is 10.6 Å². The van der Waals surface area contributed by atoms with Gasteiger partial charge in [-0.15, -0.1) is 0 Å². The molecule has 4 aromatic rings. The molecule has 0 radical (unpaired) electrons. The zero-order valence-electron chi connectivity index (χ0n) is 29.6. The molecule has 3 fully saturated rings. The Balaban J connectivity index is 1.06. The smallest absolute Gasteiger partial charge is 0.315 e. The lowest BCUT2D eigenvalue weighted by Gasteiger charge is -2.41. The molecule has 1 aliphatic carbocycles. The van der Waals surface area contributed by atoms with Crippen molar-refractivity contribution < 1.29 is 19.4 Å². The van der Waals surface area contributed by atoms with E-state index in [1.54, 1.807) is 0 Å². The van der Waals surface area contributed by atoms with Crippen LogP contribution in [0.2, 0.25) is 0 Å². The molecular weight excluding hydrogens is 622 g/mol. The second kappa shape index (κ2) is 14.7. The first-order valence-electron chi connectivity index (χ1n) is 18.1. The van der Waals surface area contributed by atoms with Crippen LogP contribution in [0.3, 0.4) is 0 Å². The van der Waals surface area contributed by atoms with E-state index in [0.29, 0.717) is 30.0 Å². The van der Waals surface area contributed by atoms with Gasteiger partial charge in [-0.3, -0.25) is 4.90 Å².